The van der Waals surface area contributed by atoms with Crippen LogP contribution < -0.4 is 10.6 Å². The van der Waals surface area contributed by atoms with E-state index in [0.29, 0.717) is 5.69 Å². The summed E-state index contributed by atoms with van der Waals surface area (Å²) in [5, 5.41) is 19.2. The number of aromatic nitrogens is 2. The number of hydrogen-bond donors (Lipinski definition) is 3. The zero-order valence-corrected chi connectivity index (χ0v) is 23.3. The second-order valence-corrected chi connectivity index (χ2v) is 10.1. The van der Waals surface area contributed by atoms with Gasteiger partial charge in [0.15, 0.2) is 6.04 Å². The third-order valence-electron chi connectivity index (χ3n) is 7.30. The third kappa shape index (κ3) is 6.34. The smallest absolute Gasteiger partial charge is 0.407 e. The number of carbonyl (C=O) groups excluding carboxylic acids is 2. The fourth-order valence-corrected chi connectivity index (χ4v) is 5.13. The minimum Gasteiger partial charge on any atom is -0.480 e. The fourth-order valence-electron chi connectivity index (χ4n) is 5.13. The maximum atomic E-state index is 13.0. The summed E-state index contributed by atoms with van der Waals surface area (Å²) in [6.07, 6.45) is -1.40. The van der Waals surface area contributed by atoms with Gasteiger partial charge in [0.2, 0.25) is 0 Å². The Hall–Kier alpha value is -4.96. The van der Waals surface area contributed by atoms with Gasteiger partial charge in [-0.25, -0.2) is 9.59 Å². The van der Waals surface area contributed by atoms with E-state index in [1.54, 1.807) is 14.0 Å². The molecule has 2 atom stereocenters. The maximum absolute atomic E-state index is 13.0. The van der Waals surface area contributed by atoms with Crippen molar-refractivity contribution in [1.82, 2.24) is 20.4 Å². The van der Waals surface area contributed by atoms with Crippen molar-refractivity contribution >= 4 is 18.0 Å². The number of carboxylic acid groups (broad SMARTS) is 1. The van der Waals surface area contributed by atoms with Gasteiger partial charge in [-0.1, -0.05) is 78.9 Å². The number of nitrogens with zero attached hydrogens (tertiary/aromatic N) is 2. The molecule has 0 fully saturated rings. The molecular formula is C32H32N4O6. The summed E-state index contributed by atoms with van der Waals surface area (Å²) in [5.41, 5.74) is 5.96. The molecule has 0 spiro atoms. The van der Waals surface area contributed by atoms with Gasteiger partial charge in [0.1, 0.15) is 12.3 Å². The fraction of sp³-hybridized carbons (Fsp3) is 0.250. The predicted molar refractivity (Wildman–Crippen MR) is 155 cm³/mol. The molecule has 42 heavy (non-hydrogen) atoms. The van der Waals surface area contributed by atoms with Gasteiger partial charge in [-0.05, 0) is 40.8 Å². The highest BCUT2D eigenvalue weighted by molar-refractivity contribution is 5.95. The molecule has 1 aromatic heterocycles. The zero-order valence-electron chi connectivity index (χ0n) is 23.3. The summed E-state index contributed by atoms with van der Waals surface area (Å²) >= 11 is 0. The number of aliphatic carboxylic acids is 1. The number of nitrogens with one attached hydrogen (secondary N) is 2. The number of amides is 2. The Kier molecular flexibility index (Phi) is 8.63. The lowest BCUT2D eigenvalue weighted by Crippen LogP contribution is -2.49. The second-order valence-electron chi connectivity index (χ2n) is 10.1. The molecule has 1 aliphatic carbocycles. The first-order chi connectivity index (χ1) is 20.3. The topological polar surface area (TPSA) is 132 Å². The van der Waals surface area contributed by atoms with Crippen molar-refractivity contribution in [3.8, 4) is 11.1 Å². The maximum Gasteiger partial charge on any atom is 0.407 e. The number of aryl methyl sites for hydroxylation is 1. The van der Waals surface area contributed by atoms with E-state index in [-0.39, 0.29) is 31.4 Å². The van der Waals surface area contributed by atoms with Gasteiger partial charge >= 0.3 is 12.1 Å². The van der Waals surface area contributed by atoms with E-state index in [1.807, 2.05) is 66.7 Å². The van der Waals surface area contributed by atoms with Crippen molar-refractivity contribution < 1.29 is 29.0 Å². The molecule has 216 valence electrons. The molecule has 10 nitrogen and oxygen atoms in total. The van der Waals surface area contributed by atoms with E-state index >= 15 is 0 Å². The number of alkyl carbamates (subject to hydrolysis) is 1. The van der Waals surface area contributed by atoms with Gasteiger partial charge in [0.05, 0.1) is 24.9 Å². The SMILES string of the molecule is C[C@@H](OCc1ccccc1)[C@H](NC(=O)c1cc(CNC(=O)OCC2c3ccccc3-c3ccccc32)nn1C)C(=O)O. The highest BCUT2D eigenvalue weighted by Crippen LogP contribution is 2.44. The van der Waals surface area contributed by atoms with Crippen LogP contribution >= 0.6 is 0 Å². The van der Waals surface area contributed by atoms with E-state index < -0.39 is 30.1 Å². The van der Waals surface area contributed by atoms with Crippen molar-refractivity contribution in [1.29, 1.82) is 0 Å². The molecule has 10 heteroatoms. The van der Waals surface area contributed by atoms with Gasteiger partial charge in [-0.3, -0.25) is 9.48 Å². The van der Waals surface area contributed by atoms with Crippen LogP contribution in [-0.2, 0) is 34.5 Å². The molecule has 0 radical (unpaired) electrons. The van der Waals surface area contributed by atoms with Gasteiger partial charge in [-0.2, -0.15) is 5.10 Å². The summed E-state index contributed by atoms with van der Waals surface area (Å²) in [6, 6.07) is 25.7. The van der Waals surface area contributed by atoms with Gasteiger partial charge in [0, 0.05) is 13.0 Å². The predicted octanol–water partition coefficient (Wildman–Crippen LogP) is 4.25. The lowest BCUT2D eigenvalue weighted by molar-refractivity contribution is -0.143. The second kappa shape index (κ2) is 12.7. The number of fused-ring (bicyclic) bond motifs is 3. The first kappa shape index (κ1) is 28.6. The number of rotatable bonds is 11. The van der Waals surface area contributed by atoms with Gasteiger partial charge in [0.25, 0.3) is 5.91 Å². The van der Waals surface area contributed by atoms with Gasteiger partial charge in [-0.15, -0.1) is 0 Å². The summed E-state index contributed by atoms with van der Waals surface area (Å²) in [7, 11) is 1.57. The Balaban J connectivity index is 1.14. The van der Waals surface area contributed by atoms with Crippen LogP contribution in [0.2, 0.25) is 0 Å². The lowest BCUT2D eigenvalue weighted by Gasteiger charge is -2.22. The number of carboxylic acids is 1. The van der Waals surface area contributed by atoms with E-state index in [9.17, 15) is 19.5 Å². The minimum atomic E-state index is -1.28. The molecule has 1 aliphatic rings. The highest BCUT2D eigenvalue weighted by Gasteiger charge is 2.30. The number of ether oxygens (including phenoxy) is 2. The van der Waals surface area contributed by atoms with Crippen LogP contribution in [0.4, 0.5) is 4.79 Å². The summed E-state index contributed by atoms with van der Waals surface area (Å²) < 4.78 is 12.6. The highest BCUT2D eigenvalue weighted by atomic mass is 16.5. The first-order valence-electron chi connectivity index (χ1n) is 13.6. The molecule has 3 aromatic carbocycles. The van der Waals surface area contributed by atoms with Crippen molar-refractivity contribution in [2.24, 2.45) is 7.05 Å². The molecular weight excluding hydrogens is 536 g/mol. The zero-order chi connectivity index (χ0) is 29.6. The monoisotopic (exact) mass is 568 g/mol. The van der Waals surface area contributed by atoms with E-state index in [4.69, 9.17) is 9.47 Å². The summed E-state index contributed by atoms with van der Waals surface area (Å²) in [4.78, 5) is 37.4. The Bertz CT molecular complexity index is 1540. The molecule has 0 bridgehead atoms. The number of hydrogen-bond acceptors (Lipinski definition) is 6. The molecule has 1 heterocycles. The number of carbonyl (C=O) groups is 3. The number of benzene rings is 3. The average Bonchev–Trinajstić information content (AvgIpc) is 3.54. The van der Waals surface area contributed by atoms with Crippen LogP contribution in [0.5, 0.6) is 0 Å². The average molecular weight is 569 g/mol. The first-order valence-corrected chi connectivity index (χ1v) is 13.6. The van der Waals surface area contributed by atoms with Crippen LogP contribution in [0.1, 0.15) is 45.7 Å². The Labute approximate surface area is 243 Å². The van der Waals surface area contributed by atoms with Crippen LogP contribution in [0.15, 0.2) is 84.9 Å². The quantitative estimate of drug-likeness (QED) is 0.247. The van der Waals surface area contributed by atoms with Crippen molar-refractivity contribution in [2.45, 2.75) is 38.1 Å². The normalized spacial score (nSPS) is 13.5. The van der Waals surface area contributed by atoms with E-state index in [2.05, 4.69) is 27.9 Å². The molecule has 0 aliphatic heterocycles. The van der Waals surface area contributed by atoms with Gasteiger partial charge < -0.3 is 25.2 Å². The van der Waals surface area contributed by atoms with Crippen molar-refractivity contribution in [3.05, 3.63) is 113 Å². The van der Waals surface area contributed by atoms with Crippen molar-refractivity contribution in [3.63, 3.8) is 0 Å². The van der Waals surface area contributed by atoms with Crippen molar-refractivity contribution in [2.75, 3.05) is 6.61 Å². The Morgan fingerprint density at radius 1 is 0.952 bits per heavy atom. The largest absolute Gasteiger partial charge is 0.480 e. The third-order valence-corrected chi connectivity index (χ3v) is 7.30. The lowest BCUT2D eigenvalue weighted by atomic mass is 9.98. The standard InChI is InChI=1S/C32H32N4O6/c1-20(41-18-21-10-4-3-5-11-21)29(31(38)39)34-30(37)28-16-22(35-36(28)2)17-33-32(40)42-19-27-25-14-8-6-12-23(25)24-13-7-9-15-26(24)27/h3-16,20,27,29H,17-19H2,1-2H3,(H,33,40)(H,34,37)(H,38,39)/t20-,29+/m1/s1. The molecule has 0 saturated carbocycles. The molecule has 0 unspecified atom stereocenters. The van der Waals surface area contributed by atoms with Crippen LogP contribution in [0, 0.1) is 0 Å². The molecule has 2 amide bonds. The molecule has 0 saturated heterocycles. The summed E-state index contributed by atoms with van der Waals surface area (Å²) in [5.74, 6) is -1.90. The molecule has 5 rings (SSSR count). The van der Waals surface area contributed by atoms with E-state index in [0.717, 1.165) is 27.8 Å². The molecule has 3 N–H and O–H groups in total. The van der Waals surface area contributed by atoms with Crippen LogP contribution in [-0.4, -0.2) is 51.6 Å². The Morgan fingerprint density at radius 2 is 1.57 bits per heavy atom. The minimum absolute atomic E-state index is 0.0245. The Morgan fingerprint density at radius 3 is 2.21 bits per heavy atom. The van der Waals surface area contributed by atoms with Crippen LogP contribution in [0.25, 0.3) is 11.1 Å². The van der Waals surface area contributed by atoms with Crippen LogP contribution in [0.3, 0.4) is 0 Å². The summed E-state index contributed by atoms with van der Waals surface area (Å²) in [6.45, 7) is 2.00. The van der Waals surface area contributed by atoms with E-state index in [1.165, 1.54) is 10.7 Å². The molecule has 4 aromatic rings.